The van der Waals surface area contributed by atoms with Gasteiger partial charge in [-0.1, -0.05) is 34.7 Å². The first-order valence-electron chi connectivity index (χ1n) is 5.90. The van der Waals surface area contributed by atoms with E-state index in [-0.39, 0.29) is 6.10 Å². The van der Waals surface area contributed by atoms with Crippen molar-refractivity contribution >= 4 is 15.9 Å². The fourth-order valence-corrected chi connectivity index (χ4v) is 1.83. The number of rotatable bonds is 8. The van der Waals surface area contributed by atoms with Crippen LogP contribution in [0.3, 0.4) is 0 Å². The number of ether oxygens (including phenoxy) is 3. The molecule has 104 valence electrons. The van der Waals surface area contributed by atoms with Crippen molar-refractivity contribution in [3.63, 3.8) is 0 Å². The van der Waals surface area contributed by atoms with Crippen molar-refractivity contribution in [2.45, 2.75) is 12.5 Å². The number of halogens is 1. The van der Waals surface area contributed by atoms with Crippen LogP contribution >= 0.6 is 15.9 Å². The normalized spacial score (nSPS) is 11.7. The maximum Gasteiger partial charge on any atom is 0.161 e. The van der Waals surface area contributed by atoms with Gasteiger partial charge < -0.3 is 14.2 Å². The largest absolute Gasteiger partial charge is 0.493 e. The molecule has 1 unspecified atom stereocenters. The van der Waals surface area contributed by atoms with Crippen molar-refractivity contribution in [2.75, 3.05) is 20.8 Å². The third-order valence-corrected chi connectivity index (χ3v) is 2.83. The monoisotopic (exact) mass is 326 g/mol. The molecule has 3 nitrogen and oxygen atoms in total. The van der Waals surface area contributed by atoms with Crippen LogP contribution in [0.4, 0.5) is 0 Å². The maximum atomic E-state index is 5.79. The minimum Gasteiger partial charge on any atom is -0.493 e. The Morgan fingerprint density at radius 3 is 2.53 bits per heavy atom. The lowest BCUT2D eigenvalue weighted by Crippen LogP contribution is -2.05. The first-order chi connectivity index (χ1) is 9.12. The molecule has 0 N–H and O–H groups in total. The highest BCUT2D eigenvalue weighted by Gasteiger charge is 2.14. The Labute approximate surface area is 123 Å². The Hall–Kier alpha value is -1.26. The zero-order valence-corrected chi connectivity index (χ0v) is 12.9. The van der Waals surface area contributed by atoms with E-state index >= 15 is 0 Å². The van der Waals surface area contributed by atoms with Gasteiger partial charge in [0, 0.05) is 4.48 Å². The van der Waals surface area contributed by atoms with Crippen LogP contribution in [0.25, 0.3) is 0 Å². The maximum absolute atomic E-state index is 5.79. The summed E-state index contributed by atoms with van der Waals surface area (Å²) in [5.74, 6) is 1.39. The lowest BCUT2D eigenvalue weighted by atomic mass is 10.1. The van der Waals surface area contributed by atoms with Gasteiger partial charge in [0.1, 0.15) is 0 Å². The number of hydrogen-bond acceptors (Lipinski definition) is 3. The van der Waals surface area contributed by atoms with Gasteiger partial charge in [-0.05, 0) is 24.1 Å². The van der Waals surface area contributed by atoms with E-state index in [1.165, 1.54) is 0 Å². The predicted molar refractivity (Wildman–Crippen MR) is 81.1 cm³/mol. The van der Waals surface area contributed by atoms with Gasteiger partial charge in [-0.2, -0.15) is 0 Å². The van der Waals surface area contributed by atoms with E-state index in [2.05, 4.69) is 29.1 Å². The fourth-order valence-electron chi connectivity index (χ4n) is 1.70. The van der Waals surface area contributed by atoms with Crippen molar-refractivity contribution < 1.29 is 14.2 Å². The van der Waals surface area contributed by atoms with Crippen LogP contribution in [0.1, 0.15) is 18.1 Å². The average Bonchev–Trinajstić information content (AvgIpc) is 2.42. The van der Waals surface area contributed by atoms with Crippen molar-refractivity contribution in [1.82, 2.24) is 0 Å². The highest BCUT2D eigenvalue weighted by atomic mass is 79.9. The molecule has 0 bridgehead atoms. The molecule has 1 atom stereocenters. The molecule has 1 aromatic rings. The first-order valence-corrected chi connectivity index (χ1v) is 6.69. The zero-order chi connectivity index (χ0) is 14.3. The van der Waals surface area contributed by atoms with E-state index in [9.17, 15) is 0 Å². The Kier molecular flexibility index (Phi) is 6.67. The lowest BCUT2D eigenvalue weighted by molar-refractivity contribution is 0.0752. The highest BCUT2D eigenvalue weighted by Crippen LogP contribution is 2.32. The second-order valence-corrected chi connectivity index (χ2v) is 5.08. The fraction of sp³-hybridized carbons (Fsp3) is 0.333. The molecule has 0 saturated heterocycles. The minimum absolute atomic E-state index is 0.0772. The van der Waals surface area contributed by atoms with Crippen molar-refractivity contribution in [3.8, 4) is 11.5 Å². The molecule has 0 aliphatic heterocycles. The van der Waals surface area contributed by atoms with Gasteiger partial charge in [-0.25, -0.2) is 0 Å². The second-order valence-electron chi connectivity index (χ2n) is 3.96. The summed E-state index contributed by atoms with van der Waals surface area (Å²) in [7, 11) is 3.23. The van der Waals surface area contributed by atoms with Gasteiger partial charge in [0.2, 0.25) is 0 Å². The second kappa shape index (κ2) is 8.02. The Balaban J connectivity index is 2.94. The molecule has 0 spiro atoms. The SMILES string of the molecule is C=CCC(OCC(=C)Br)c1ccc(OC)c(OC)c1. The van der Waals surface area contributed by atoms with Gasteiger partial charge in [0.15, 0.2) is 11.5 Å². The van der Waals surface area contributed by atoms with Crippen LogP contribution in [0.5, 0.6) is 11.5 Å². The van der Waals surface area contributed by atoms with E-state index in [1.54, 1.807) is 14.2 Å². The topological polar surface area (TPSA) is 27.7 Å². The molecule has 0 aliphatic rings. The molecule has 1 aromatic carbocycles. The highest BCUT2D eigenvalue weighted by molar-refractivity contribution is 9.11. The lowest BCUT2D eigenvalue weighted by Gasteiger charge is -2.18. The molecule has 0 amide bonds. The summed E-state index contributed by atoms with van der Waals surface area (Å²) < 4.78 is 17.1. The first kappa shape index (κ1) is 15.8. The van der Waals surface area contributed by atoms with E-state index in [4.69, 9.17) is 14.2 Å². The van der Waals surface area contributed by atoms with Gasteiger partial charge in [-0.15, -0.1) is 6.58 Å². The standard InChI is InChI=1S/C15H19BrO3/c1-5-6-13(19-10-11(2)16)12-7-8-14(17-3)15(9-12)18-4/h5,7-9,13H,1-2,6,10H2,3-4H3. The van der Waals surface area contributed by atoms with Crippen molar-refractivity contribution in [1.29, 1.82) is 0 Å². The van der Waals surface area contributed by atoms with Crippen LogP contribution in [-0.4, -0.2) is 20.8 Å². The minimum atomic E-state index is -0.0772. The van der Waals surface area contributed by atoms with E-state index in [0.717, 1.165) is 16.5 Å². The average molecular weight is 327 g/mol. The van der Waals surface area contributed by atoms with Gasteiger partial charge in [0.05, 0.1) is 26.9 Å². The molecule has 19 heavy (non-hydrogen) atoms. The molecule has 4 heteroatoms. The quantitative estimate of drug-likeness (QED) is 0.668. The smallest absolute Gasteiger partial charge is 0.161 e. The predicted octanol–water partition coefficient (Wildman–Crippen LogP) is 4.25. The summed E-state index contributed by atoms with van der Waals surface area (Å²) in [4.78, 5) is 0. The molecule has 0 fully saturated rings. The summed E-state index contributed by atoms with van der Waals surface area (Å²) in [5.41, 5.74) is 1.02. The molecule has 0 radical (unpaired) electrons. The van der Waals surface area contributed by atoms with Crippen molar-refractivity contribution in [2.24, 2.45) is 0 Å². The number of benzene rings is 1. The van der Waals surface area contributed by atoms with E-state index in [0.29, 0.717) is 18.1 Å². The van der Waals surface area contributed by atoms with Crippen LogP contribution < -0.4 is 9.47 Å². The Morgan fingerprint density at radius 2 is 2.00 bits per heavy atom. The molecule has 0 aromatic heterocycles. The molecule has 1 rings (SSSR count). The van der Waals surface area contributed by atoms with Crippen LogP contribution in [0.2, 0.25) is 0 Å². The van der Waals surface area contributed by atoms with E-state index in [1.807, 2.05) is 24.3 Å². The third-order valence-electron chi connectivity index (χ3n) is 2.60. The van der Waals surface area contributed by atoms with Crippen molar-refractivity contribution in [3.05, 3.63) is 47.5 Å². The molecular weight excluding hydrogens is 308 g/mol. The summed E-state index contributed by atoms with van der Waals surface area (Å²) in [6.07, 6.45) is 2.47. The summed E-state index contributed by atoms with van der Waals surface area (Å²) in [6.45, 7) is 7.97. The van der Waals surface area contributed by atoms with Crippen LogP contribution in [-0.2, 0) is 4.74 Å². The summed E-state index contributed by atoms with van der Waals surface area (Å²) >= 11 is 3.29. The summed E-state index contributed by atoms with van der Waals surface area (Å²) in [5, 5.41) is 0. The summed E-state index contributed by atoms with van der Waals surface area (Å²) in [6, 6.07) is 5.76. The molecule has 0 aliphatic carbocycles. The molecular formula is C15H19BrO3. The van der Waals surface area contributed by atoms with Gasteiger partial charge in [0.25, 0.3) is 0 Å². The van der Waals surface area contributed by atoms with Gasteiger partial charge >= 0.3 is 0 Å². The Bertz CT molecular complexity index is 443. The van der Waals surface area contributed by atoms with E-state index < -0.39 is 0 Å². The van der Waals surface area contributed by atoms with Crippen LogP contribution in [0, 0.1) is 0 Å². The third kappa shape index (κ3) is 4.73. The number of methoxy groups -OCH3 is 2. The molecule has 0 heterocycles. The zero-order valence-electron chi connectivity index (χ0n) is 11.3. The van der Waals surface area contributed by atoms with Gasteiger partial charge in [-0.3, -0.25) is 0 Å². The Morgan fingerprint density at radius 1 is 1.32 bits per heavy atom. The van der Waals surface area contributed by atoms with Crippen LogP contribution in [0.15, 0.2) is 41.9 Å². The number of hydrogen-bond donors (Lipinski definition) is 0. The molecule has 0 saturated carbocycles.